The molecule has 0 amide bonds. The molecular formula is C13H17NO2. The van der Waals surface area contributed by atoms with Crippen LogP contribution in [0.4, 0.5) is 0 Å². The van der Waals surface area contributed by atoms with E-state index >= 15 is 0 Å². The van der Waals surface area contributed by atoms with Gasteiger partial charge in [-0.15, -0.1) is 0 Å². The number of aliphatic hydroxyl groups is 1. The van der Waals surface area contributed by atoms with Crippen LogP contribution in [0.25, 0.3) is 0 Å². The maximum absolute atomic E-state index is 9.41. The Morgan fingerprint density at radius 1 is 1.50 bits per heavy atom. The number of nitriles is 1. The molecular weight excluding hydrogens is 202 g/mol. The lowest BCUT2D eigenvalue weighted by atomic mass is 10.1. The summed E-state index contributed by atoms with van der Waals surface area (Å²) in [7, 11) is 0. The Morgan fingerprint density at radius 2 is 2.25 bits per heavy atom. The van der Waals surface area contributed by atoms with Crippen molar-refractivity contribution in [2.75, 3.05) is 6.61 Å². The molecule has 0 heterocycles. The molecule has 0 aliphatic rings. The van der Waals surface area contributed by atoms with Crippen LogP contribution in [0.3, 0.4) is 0 Å². The van der Waals surface area contributed by atoms with Gasteiger partial charge in [0, 0.05) is 6.42 Å². The summed E-state index contributed by atoms with van der Waals surface area (Å²) in [6.07, 6.45) is 0.810. The average molecular weight is 219 g/mol. The highest BCUT2D eigenvalue weighted by Gasteiger charge is 2.04. The van der Waals surface area contributed by atoms with Crippen molar-refractivity contribution in [1.29, 1.82) is 5.26 Å². The molecule has 3 nitrogen and oxygen atoms in total. The van der Waals surface area contributed by atoms with E-state index < -0.39 is 6.10 Å². The highest BCUT2D eigenvalue weighted by molar-refractivity contribution is 5.36. The zero-order chi connectivity index (χ0) is 12.0. The van der Waals surface area contributed by atoms with Gasteiger partial charge in [-0.25, -0.2) is 0 Å². The van der Waals surface area contributed by atoms with Gasteiger partial charge >= 0.3 is 0 Å². The van der Waals surface area contributed by atoms with Crippen LogP contribution in [0, 0.1) is 18.3 Å². The van der Waals surface area contributed by atoms with E-state index in [-0.39, 0.29) is 0 Å². The Morgan fingerprint density at radius 3 is 2.81 bits per heavy atom. The summed E-state index contributed by atoms with van der Waals surface area (Å²) in [4.78, 5) is 0. The van der Waals surface area contributed by atoms with Crippen LogP contribution >= 0.6 is 0 Å². The quantitative estimate of drug-likeness (QED) is 0.775. The van der Waals surface area contributed by atoms with E-state index in [4.69, 9.17) is 10.00 Å². The van der Waals surface area contributed by atoms with Gasteiger partial charge in [0.25, 0.3) is 0 Å². The predicted octanol–water partition coefficient (Wildman–Crippen LogP) is 2.73. The number of aliphatic hydroxyl groups excluding tert-OH is 1. The molecule has 1 atom stereocenters. The number of nitrogens with zero attached hydrogens (tertiary/aromatic N) is 1. The maximum atomic E-state index is 9.41. The van der Waals surface area contributed by atoms with Gasteiger partial charge in [-0.1, -0.05) is 6.07 Å². The first-order valence-corrected chi connectivity index (χ1v) is 5.43. The summed E-state index contributed by atoms with van der Waals surface area (Å²) in [6, 6.07) is 7.72. The maximum Gasteiger partial charge on any atom is 0.122 e. The van der Waals surface area contributed by atoms with Gasteiger partial charge in [0.05, 0.1) is 18.8 Å². The van der Waals surface area contributed by atoms with E-state index in [1.54, 1.807) is 6.92 Å². The van der Waals surface area contributed by atoms with Crippen LogP contribution in [0.1, 0.15) is 37.0 Å². The van der Waals surface area contributed by atoms with Crippen LogP contribution in [0.15, 0.2) is 18.2 Å². The van der Waals surface area contributed by atoms with Gasteiger partial charge in [-0.05, 0) is 43.5 Å². The SMILES string of the molecule is Cc1cc([C@H](C)O)ccc1OCCCC#N. The number of unbranched alkanes of at least 4 members (excludes halogenated alkanes) is 1. The molecule has 0 bridgehead atoms. The van der Waals surface area contributed by atoms with E-state index in [1.165, 1.54) is 0 Å². The van der Waals surface area contributed by atoms with E-state index in [2.05, 4.69) is 6.07 Å². The van der Waals surface area contributed by atoms with Crippen molar-refractivity contribution in [3.05, 3.63) is 29.3 Å². The van der Waals surface area contributed by atoms with Crippen LogP contribution in [0.2, 0.25) is 0 Å². The lowest BCUT2D eigenvalue weighted by Gasteiger charge is -2.11. The van der Waals surface area contributed by atoms with Gasteiger partial charge < -0.3 is 9.84 Å². The second kappa shape index (κ2) is 6.14. The normalized spacial score (nSPS) is 11.9. The molecule has 0 saturated heterocycles. The molecule has 86 valence electrons. The van der Waals surface area contributed by atoms with Crippen LogP contribution in [-0.2, 0) is 0 Å². The van der Waals surface area contributed by atoms with Gasteiger partial charge in [-0.3, -0.25) is 0 Å². The molecule has 0 fully saturated rings. The fourth-order valence-corrected chi connectivity index (χ4v) is 1.43. The number of hydrogen-bond donors (Lipinski definition) is 1. The molecule has 0 spiro atoms. The van der Waals surface area contributed by atoms with Gasteiger partial charge in [0.2, 0.25) is 0 Å². The minimum Gasteiger partial charge on any atom is -0.493 e. The summed E-state index contributed by atoms with van der Waals surface area (Å²) in [6.45, 7) is 4.25. The van der Waals surface area contributed by atoms with Gasteiger partial charge in [0.15, 0.2) is 0 Å². The molecule has 0 aromatic heterocycles. The average Bonchev–Trinajstić information content (AvgIpc) is 2.26. The summed E-state index contributed by atoms with van der Waals surface area (Å²) < 4.78 is 5.54. The van der Waals surface area contributed by atoms with Gasteiger partial charge in [0.1, 0.15) is 5.75 Å². The molecule has 0 radical (unpaired) electrons. The van der Waals surface area contributed by atoms with Crippen molar-refractivity contribution in [2.24, 2.45) is 0 Å². The van der Waals surface area contributed by atoms with E-state index in [0.29, 0.717) is 13.0 Å². The van der Waals surface area contributed by atoms with Crippen LogP contribution in [0.5, 0.6) is 5.75 Å². The zero-order valence-corrected chi connectivity index (χ0v) is 9.73. The number of ether oxygens (including phenoxy) is 1. The summed E-state index contributed by atoms with van der Waals surface area (Å²) in [5.41, 5.74) is 1.90. The Balaban J connectivity index is 2.58. The second-order valence-electron chi connectivity index (χ2n) is 3.81. The van der Waals surface area contributed by atoms with E-state index in [1.807, 2.05) is 25.1 Å². The third-order valence-corrected chi connectivity index (χ3v) is 2.37. The minimum atomic E-state index is -0.452. The summed E-state index contributed by atoms with van der Waals surface area (Å²) in [5, 5.41) is 17.8. The first kappa shape index (κ1) is 12.5. The molecule has 0 aliphatic carbocycles. The predicted molar refractivity (Wildman–Crippen MR) is 62.2 cm³/mol. The fraction of sp³-hybridized carbons (Fsp3) is 0.462. The topological polar surface area (TPSA) is 53.2 Å². The fourth-order valence-electron chi connectivity index (χ4n) is 1.43. The first-order chi connectivity index (χ1) is 7.65. The van der Waals surface area contributed by atoms with Crippen molar-refractivity contribution < 1.29 is 9.84 Å². The smallest absolute Gasteiger partial charge is 0.122 e. The zero-order valence-electron chi connectivity index (χ0n) is 9.73. The summed E-state index contributed by atoms with van der Waals surface area (Å²) >= 11 is 0. The van der Waals surface area contributed by atoms with Gasteiger partial charge in [-0.2, -0.15) is 5.26 Å². The molecule has 1 N–H and O–H groups in total. The highest BCUT2D eigenvalue weighted by atomic mass is 16.5. The van der Waals surface area contributed by atoms with Crippen LogP contribution < -0.4 is 4.74 Å². The van der Waals surface area contributed by atoms with Crippen LogP contribution in [-0.4, -0.2) is 11.7 Å². The van der Waals surface area contributed by atoms with E-state index in [0.717, 1.165) is 23.3 Å². The molecule has 1 aromatic carbocycles. The van der Waals surface area contributed by atoms with Crippen molar-refractivity contribution in [3.8, 4) is 11.8 Å². The molecule has 1 rings (SSSR count). The van der Waals surface area contributed by atoms with Crippen molar-refractivity contribution >= 4 is 0 Å². The largest absolute Gasteiger partial charge is 0.493 e. The first-order valence-electron chi connectivity index (χ1n) is 5.43. The highest BCUT2D eigenvalue weighted by Crippen LogP contribution is 2.22. The number of rotatable bonds is 5. The Hall–Kier alpha value is -1.53. The molecule has 1 aromatic rings. The molecule has 3 heteroatoms. The lowest BCUT2D eigenvalue weighted by Crippen LogP contribution is -1.99. The van der Waals surface area contributed by atoms with Crippen molar-refractivity contribution in [2.45, 2.75) is 32.8 Å². The summed E-state index contributed by atoms with van der Waals surface area (Å²) in [5.74, 6) is 0.822. The standard InChI is InChI=1S/C13H17NO2/c1-10-9-12(11(2)15)5-6-13(10)16-8-4-3-7-14/h5-6,9,11,15H,3-4,8H2,1-2H3/t11-/m0/s1. The third-order valence-electron chi connectivity index (χ3n) is 2.37. The van der Waals surface area contributed by atoms with E-state index in [9.17, 15) is 5.11 Å². The van der Waals surface area contributed by atoms with Crippen molar-refractivity contribution in [1.82, 2.24) is 0 Å². The number of aryl methyl sites for hydroxylation is 1. The third kappa shape index (κ3) is 3.56. The second-order valence-corrected chi connectivity index (χ2v) is 3.81. The van der Waals surface area contributed by atoms with Crippen molar-refractivity contribution in [3.63, 3.8) is 0 Å². The molecule has 0 saturated carbocycles. The monoisotopic (exact) mass is 219 g/mol. The Bertz CT molecular complexity index is 380. The Kier molecular flexibility index (Phi) is 4.81. The molecule has 0 unspecified atom stereocenters. The molecule has 16 heavy (non-hydrogen) atoms. The number of benzene rings is 1. The minimum absolute atomic E-state index is 0.452. The lowest BCUT2D eigenvalue weighted by molar-refractivity contribution is 0.199. The number of hydrogen-bond acceptors (Lipinski definition) is 3. The Labute approximate surface area is 96.3 Å². The molecule has 0 aliphatic heterocycles.